The van der Waals surface area contributed by atoms with Crippen LogP contribution >= 0.6 is 0 Å². The summed E-state index contributed by atoms with van der Waals surface area (Å²) in [6, 6.07) is 0. The van der Waals surface area contributed by atoms with E-state index in [4.69, 9.17) is 15.3 Å². The standard InChI is InChI=1S/C9H23AsO3/c1-2-3-10(4-7-11,5-8-12)6-9-13/h10-13H,2-9H2,1H3. The van der Waals surface area contributed by atoms with Crippen LogP contribution in [0.1, 0.15) is 13.3 Å². The molecule has 0 rings (SSSR count). The number of aliphatic hydroxyl groups excluding tert-OH is 3. The molecule has 13 heavy (non-hydrogen) atoms. The Kier molecular flexibility index (Phi) is 8.07. The average Bonchev–Trinajstić information content (AvgIpc) is 2.06. The second-order valence-electron chi connectivity index (χ2n) is 3.67. The summed E-state index contributed by atoms with van der Waals surface area (Å²) < 4.78 is 0. The van der Waals surface area contributed by atoms with Crippen LogP contribution in [0.15, 0.2) is 0 Å². The first-order valence-corrected chi connectivity index (χ1v) is 11.0. The third kappa shape index (κ3) is 5.02. The van der Waals surface area contributed by atoms with E-state index in [0.717, 1.165) is 27.3 Å². The molecule has 82 valence electrons. The van der Waals surface area contributed by atoms with E-state index in [2.05, 4.69) is 6.92 Å². The van der Waals surface area contributed by atoms with Crippen LogP contribution in [-0.4, -0.2) is 48.7 Å². The van der Waals surface area contributed by atoms with Gasteiger partial charge in [-0.05, 0) is 0 Å². The van der Waals surface area contributed by atoms with Crippen LogP contribution in [0.2, 0.25) is 20.8 Å². The summed E-state index contributed by atoms with van der Waals surface area (Å²) in [6.45, 7) is 2.80. The Morgan fingerprint density at radius 2 is 1.15 bits per heavy atom. The van der Waals surface area contributed by atoms with Crippen LogP contribution in [0.5, 0.6) is 0 Å². The summed E-state index contributed by atoms with van der Waals surface area (Å²) in [7, 11) is 0. The molecule has 3 N–H and O–H groups in total. The second-order valence-corrected chi connectivity index (χ2v) is 14.2. The van der Waals surface area contributed by atoms with Crippen LogP contribution in [0.3, 0.4) is 0 Å². The zero-order valence-electron chi connectivity index (χ0n) is 8.50. The molecule has 0 aliphatic heterocycles. The fourth-order valence-electron chi connectivity index (χ4n) is 1.99. The van der Waals surface area contributed by atoms with E-state index in [1.54, 1.807) is 0 Å². The van der Waals surface area contributed by atoms with Crippen LogP contribution in [0.4, 0.5) is 0 Å². The molecule has 0 bridgehead atoms. The fraction of sp³-hybridized carbons (Fsp3) is 1.00. The number of hydrogen-bond acceptors (Lipinski definition) is 3. The van der Waals surface area contributed by atoms with Crippen molar-refractivity contribution in [1.29, 1.82) is 0 Å². The van der Waals surface area contributed by atoms with Gasteiger partial charge in [0.2, 0.25) is 0 Å². The molecule has 4 heteroatoms. The molecular weight excluding hydrogens is 231 g/mol. The van der Waals surface area contributed by atoms with Gasteiger partial charge in [-0.15, -0.1) is 0 Å². The molecule has 0 spiro atoms. The molecule has 0 atom stereocenters. The minimum atomic E-state index is -2.07. The summed E-state index contributed by atoms with van der Waals surface area (Å²) in [5.74, 6) is 0. The zero-order chi connectivity index (χ0) is 10.2. The van der Waals surface area contributed by atoms with Gasteiger partial charge in [0.05, 0.1) is 0 Å². The fourth-order valence-corrected chi connectivity index (χ4v) is 10.3. The van der Waals surface area contributed by atoms with E-state index in [0.29, 0.717) is 0 Å². The molecule has 0 saturated heterocycles. The van der Waals surface area contributed by atoms with Crippen molar-refractivity contribution in [2.24, 2.45) is 0 Å². The van der Waals surface area contributed by atoms with Gasteiger partial charge in [0.25, 0.3) is 0 Å². The van der Waals surface area contributed by atoms with E-state index in [9.17, 15) is 0 Å². The van der Waals surface area contributed by atoms with Crippen molar-refractivity contribution in [2.75, 3.05) is 19.8 Å². The number of rotatable bonds is 8. The van der Waals surface area contributed by atoms with Crippen molar-refractivity contribution in [2.45, 2.75) is 34.2 Å². The van der Waals surface area contributed by atoms with Gasteiger partial charge in [0, 0.05) is 0 Å². The van der Waals surface area contributed by atoms with Crippen molar-refractivity contribution < 1.29 is 15.3 Å². The molecule has 0 aromatic heterocycles. The Balaban J connectivity index is 4.19. The molecule has 0 saturated carbocycles. The van der Waals surface area contributed by atoms with Crippen molar-refractivity contribution in [3.05, 3.63) is 0 Å². The molecule has 0 aliphatic rings. The Bertz CT molecular complexity index is 89.9. The van der Waals surface area contributed by atoms with Crippen LogP contribution in [-0.2, 0) is 0 Å². The quantitative estimate of drug-likeness (QED) is 0.554. The number of aliphatic hydroxyl groups is 3. The topological polar surface area (TPSA) is 60.7 Å². The predicted molar refractivity (Wildman–Crippen MR) is 57.9 cm³/mol. The van der Waals surface area contributed by atoms with Gasteiger partial charge >= 0.3 is 82.9 Å². The van der Waals surface area contributed by atoms with Gasteiger partial charge in [-0.1, -0.05) is 0 Å². The van der Waals surface area contributed by atoms with Crippen LogP contribution in [0.25, 0.3) is 0 Å². The van der Waals surface area contributed by atoms with E-state index in [1.165, 1.54) is 0 Å². The summed E-state index contributed by atoms with van der Waals surface area (Å²) in [5, 5.41) is 30.7. The van der Waals surface area contributed by atoms with Crippen LogP contribution < -0.4 is 0 Å². The van der Waals surface area contributed by atoms with Crippen molar-refractivity contribution in [3.8, 4) is 0 Å². The maximum atomic E-state index is 8.97. The van der Waals surface area contributed by atoms with Gasteiger partial charge in [-0.25, -0.2) is 0 Å². The molecule has 0 unspecified atom stereocenters. The first-order valence-electron chi connectivity index (χ1n) is 5.07. The Hall–Kier alpha value is 0.438. The van der Waals surface area contributed by atoms with E-state index >= 15 is 0 Å². The molecule has 0 radical (unpaired) electrons. The summed E-state index contributed by atoms with van der Waals surface area (Å²) in [4.78, 5) is 0. The Morgan fingerprint density at radius 1 is 0.769 bits per heavy atom. The molecule has 0 amide bonds. The monoisotopic (exact) mass is 254 g/mol. The Morgan fingerprint density at radius 3 is 1.38 bits per heavy atom. The maximum absolute atomic E-state index is 8.97. The number of hydrogen-bond donors (Lipinski definition) is 3. The van der Waals surface area contributed by atoms with Gasteiger partial charge in [0.15, 0.2) is 0 Å². The summed E-state index contributed by atoms with van der Waals surface area (Å²) in [6.07, 6.45) is 1.11. The van der Waals surface area contributed by atoms with E-state index < -0.39 is 13.6 Å². The second kappa shape index (κ2) is 7.81. The first-order chi connectivity index (χ1) is 6.24. The summed E-state index contributed by atoms with van der Waals surface area (Å²) in [5.41, 5.74) is 0. The van der Waals surface area contributed by atoms with Gasteiger partial charge in [-0.2, -0.15) is 0 Å². The molecule has 0 heterocycles. The molecule has 0 aliphatic carbocycles. The van der Waals surface area contributed by atoms with E-state index in [1.807, 2.05) is 0 Å². The molecule has 0 fully saturated rings. The molecule has 0 aromatic carbocycles. The van der Waals surface area contributed by atoms with Gasteiger partial charge in [0.1, 0.15) is 0 Å². The predicted octanol–water partition coefficient (Wildman–Crippen LogP) is 0.554. The third-order valence-corrected chi connectivity index (χ3v) is 14.1. The zero-order valence-corrected chi connectivity index (χ0v) is 10.6. The molecular formula is C9H23AsO3. The van der Waals surface area contributed by atoms with Crippen molar-refractivity contribution in [1.82, 2.24) is 0 Å². The van der Waals surface area contributed by atoms with E-state index in [-0.39, 0.29) is 19.8 Å². The summed E-state index contributed by atoms with van der Waals surface area (Å²) >= 11 is -2.07. The normalized spacial score (nSPS) is 13.2. The SMILES string of the molecule is CCC[AsH](CCO)(CCO)CCO. The van der Waals surface area contributed by atoms with Gasteiger partial charge in [-0.3, -0.25) is 0 Å². The average molecular weight is 254 g/mol. The Labute approximate surface area is 83.2 Å². The van der Waals surface area contributed by atoms with Crippen LogP contribution in [0, 0.1) is 0 Å². The van der Waals surface area contributed by atoms with Crippen molar-refractivity contribution >= 4 is 13.6 Å². The van der Waals surface area contributed by atoms with Gasteiger partial charge < -0.3 is 0 Å². The molecule has 3 nitrogen and oxygen atoms in total. The first kappa shape index (κ1) is 13.4. The third-order valence-electron chi connectivity index (χ3n) is 2.71. The molecule has 0 aromatic rings. The minimum absolute atomic E-state index is 0.222. The van der Waals surface area contributed by atoms with Crippen molar-refractivity contribution in [3.63, 3.8) is 0 Å².